The van der Waals surface area contributed by atoms with Gasteiger partial charge in [0.25, 0.3) is 0 Å². The van der Waals surface area contributed by atoms with E-state index < -0.39 is 0 Å². The number of aryl methyl sites for hydroxylation is 1. The molecule has 2 unspecified atom stereocenters. The van der Waals surface area contributed by atoms with E-state index in [9.17, 15) is 5.11 Å². The second-order valence-corrected chi connectivity index (χ2v) is 6.03. The molecule has 6 nitrogen and oxygen atoms in total. The van der Waals surface area contributed by atoms with Crippen LogP contribution in [0.4, 0.5) is 0 Å². The molecule has 3 N–H and O–H groups in total. The number of methoxy groups -OCH3 is 1. The zero-order valence-electron chi connectivity index (χ0n) is 11.3. The van der Waals surface area contributed by atoms with Gasteiger partial charge in [0, 0.05) is 26.1 Å². The SMILES string of the molecule is COCC(N)C(CO)Sc1nnc2n1CCCCC2. The first-order valence-corrected chi connectivity index (χ1v) is 7.58. The molecule has 1 aromatic heterocycles. The lowest BCUT2D eigenvalue weighted by Crippen LogP contribution is -2.39. The third-order valence-corrected chi connectivity index (χ3v) is 4.66. The molecular formula is C12H22N4O2S. The molecule has 0 amide bonds. The van der Waals surface area contributed by atoms with E-state index in [0.717, 1.165) is 30.4 Å². The second-order valence-electron chi connectivity index (χ2n) is 4.82. The minimum absolute atomic E-state index is 0.0113. The lowest BCUT2D eigenvalue weighted by molar-refractivity contribution is 0.167. The van der Waals surface area contributed by atoms with E-state index in [1.807, 2.05) is 0 Å². The molecule has 1 aromatic rings. The number of hydrogen-bond donors (Lipinski definition) is 2. The van der Waals surface area contributed by atoms with E-state index in [0.29, 0.717) is 6.61 Å². The van der Waals surface area contributed by atoms with E-state index in [2.05, 4.69) is 14.8 Å². The Morgan fingerprint density at radius 3 is 3.00 bits per heavy atom. The minimum atomic E-state index is -0.210. The van der Waals surface area contributed by atoms with Crippen LogP contribution in [-0.2, 0) is 17.7 Å². The van der Waals surface area contributed by atoms with E-state index >= 15 is 0 Å². The number of nitrogens with zero attached hydrogens (tertiary/aromatic N) is 3. The van der Waals surface area contributed by atoms with Gasteiger partial charge in [0.2, 0.25) is 0 Å². The van der Waals surface area contributed by atoms with E-state index in [4.69, 9.17) is 10.5 Å². The van der Waals surface area contributed by atoms with Gasteiger partial charge in [-0.3, -0.25) is 0 Å². The van der Waals surface area contributed by atoms with Gasteiger partial charge in [-0.2, -0.15) is 0 Å². The first-order valence-electron chi connectivity index (χ1n) is 6.70. The summed E-state index contributed by atoms with van der Waals surface area (Å²) in [6, 6.07) is -0.210. The van der Waals surface area contributed by atoms with Gasteiger partial charge >= 0.3 is 0 Å². The summed E-state index contributed by atoms with van der Waals surface area (Å²) in [5, 5.41) is 18.7. The topological polar surface area (TPSA) is 86.2 Å². The average molecular weight is 286 g/mol. The maximum Gasteiger partial charge on any atom is 0.191 e. The third-order valence-electron chi connectivity index (χ3n) is 3.35. The van der Waals surface area contributed by atoms with E-state index in [1.165, 1.54) is 24.6 Å². The van der Waals surface area contributed by atoms with Crippen LogP contribution in [0.2, 0.25) is 0 Å². The predicted octanol–water partition coefficient (Wildman–Crippen LogP) is 0.431. The molecule has 0 radical (unpaired) electrons. The van der Waals surface area contributed by atoms with Crippen molar-refractivity contribution in [1.29, 1.82) is 0 Å². The third kappa shape index (κ3) is 3.68. The fourth-order valence-electron chi connectivity index (χ4n) is 2.24. The van der Waals surface area contributed by atoms with Gasteiger partial charge in [-0.1, -0.05) is 18.2 Å². The van der Waals surface area contributed by atoms with Crippen LogP contribution in [0, 0.1) is 0 Å². The van der Waals surface area contributed by atoms with Crippen LogP contribution in [0.1, 0.15) is 25.1 Å². The van der Waals surface area contributed by atoms with Crippen molar-refractivity contribution in [1.82, 2.24) is 14.8 Å². The lowest BCUT2D eigenvalue weighted by atomic mass is 10.2. The highest BCUT2D eigenvalue weighted by molar-refractivity contribution is 7.99. The van der Waals surface area contributed by atoms with Crippen molar-refractivity contribution in [3.05, 3.63) is 5.82 Å². The van der Waals surface area contributed by atoms with Crippen LogP contribution in [0.15, 0.2) is 5.16 Å². The van der Waals surface area contributed by atoms with E-state index in [-0.39, 0.29) is 17.9 Å². The van der Waals surface area contributed by atoms with Crippen molar-refractivity contribution in [2.75, 3.05) is 20.3 Å². The Balaban J connectivity index is 2.07. The number of fused-ring (bicyclic) bond motifs is 1. The van der Waals surface area contributed by atoms with Crippen molar-refractivity contribution >= 4 is 11.8 Å². The molecule has 19 heavy (non-hydrogen) atoms. The summed E-state index contributed by atoms with van der Waals surface area (Å²) in [6.45, 7) is 1.40. The van der Waals surface area contributed by atoms with Crippen LogP contribution in [0.5, 0.6) is 0 Å². The molecular weight excluding hydrogens is 264 g/mol. The molecule has 1 aliphatic rings. The Morgan fingerprint density at radius 2 is 2.26 bits per heavy atom. The summed E-state index contributed by atoms with van der Waals surface area (Å²) < 4.78 is 7.21. The first kappa shape index (κ1) is 14.8. The van der Waals surface area contributed by atoms with E-state index in [1.54, 1.807) is 7.11 Å². The Labute approximate surface area is 117 Å². The van der Waals surface area contributed by atoms with Crippen molar-refractivity contribution < 1.29 is 9.84 Å². The summed E-state index contributed by atoms with van der Waals surface area (Å²) in [5.74, 6) is 1.05. The lowest BCUT2D eigenvalue weighted by Gasteiger charge is -2.20. The molecule has 0 aromatic carbocycles. The smallest absolute Gasteiger partial charge is 0.191 e. The van der Waals surface area contributed by atoms with Crippen LogP contribution >= 0.6 is 11.8 Å². The van der Waals surface area contributed by atoms with Crippen LogP contribution in [0.25, 0.3) is 0 Å². The zero-order chi connectivity index (χ0) is 13.7. The summed E-state index contributed by atoms with van der Waals surface area (Å²) >= 11 is 1.50. The first-order chi connectivity index (χ1) is 9.26. The predicted molar refractivity (Wildman–Crippen MR) is 74.2 cm³/mol. The van der Waals surface area contributed by atoms with Gasteiger partial charge in [0.15, 0.2) is 5.16 Å². The van der Waals surface area contributed by atoms with Gasteiger partial charge in [-0.05, 0) is 12.8 Å². The molecule has 0 saturated carbocycles. The van der Waals surface area contributed by atoms with Gasteiger partial charge in [-0.25, -0.2) is 0 Å². The Hall–Kier alpha value is -0.630. The largest absolute Gasteiger partial charge is 0.395 e. The quantitative estimate of drug-likeness (QED) is 0.738. The van der Waals surface area contributed by atoms with Crippen molar-refractivity contribution in [3.8, 4) is 0 Å². The number of ether oxygens (including phenoxy) is 1. The van der Waals surface area contributed by atoms with Gasteiger partial charge in [0.1, 0.15) is 5.82 Å². The van der Waals surface area contributed by atoms with Crippen molar-refractivity contribution in [2.24, 2.45) is 5.73 Å². The molecule has 0 bridgehead atoms. The second kappa shape index (κ2) is 7.23. The number of nitrogens with two attached hydrogens (primary N) is 1. The monoisotopic (exact) mass is 286 g/mol. The molecule has 2 heterocycles. The molecule has 0 saturated heterocycles. The molecule has 2 atom stereocenters. The fraction of sp³-hybridized carbons (Fsp3) is 0.833. The van der Waals surface area contributed by atoms with Gasteiger partial charge in [0.05, 0.1) is 18.5 Å². The highest BCUT2D eigenvalue weighted by atomic mass is 32.2. The number of aromatic nitrogens is 3. The number of aliphatic hydroxyl groups is 1. The Morgan fingerprint density at radius 1 is 1.42 bits per heavy atom. The molecule has 108 valence electrons. The van der Waals surface area contributed by atoms with Crippen molar-refractivity contribution in [2.45, 2.75) is 48.7 Å². The van der Waals surface area contributed by atoms with Gasteiger partial charge < -0.3 is 20.1 Å². The summed E-state index contributed by atoms with van der Waals surface area (Å²) in [6.07, 6.45) is 4.56. The van der Waals surface area contributed by atoms with Crippen LogP contribution in [0.3, 0.4) is 0 Å². The summed E-state index contributed by atoms with van der Waals surface area (Å²) in [5.41, 5.74) is 6.00. The molecule has 2 rings (SSSR count). The normalized spacial score (nSPS) is 18.7. The maximum absolute atomic E-state index is 9.47. The maximum atomic E-state index is 9.47. The number of thioether (sulfide) groups is 1. The molecule has 7 heteroatoms. The average Bonchev–Trinajstić information content (AvgIpc) is 2.63. The summed E-state index contributed by atoms with van der Waals surface area (Å²) in [4.78, 5) is 0. The molecule has 0 aliphatic carbocycles. The van der Waals surface area contributed by atoms with Gasteiger partial charge in [-0.15, -0.1) is 10.2 Å². The molecule has 1 aliphatic heterocycles. The van der Waals surface area contributed by atoms with Crippen LogP contribution < -0.4 is 5.73 Å². The van der Waals surface area contributed by atoms with Crippen LogP contribution in [-0.4, -0.2) is 51.5 Å². The highest BCUT2D eigenvalue weighted by Gasteiger charge is 2.23. The molecule has 0 fully saturated rings. The Bertz CT molecular complexity index is 399. The number of rotatable bonds is 6. The zero-order valence-corrected chi connectivity index (χ0v) is 12.1. The Kier molecular flexibility index (Phi) is 5.62. The standard InChI is InChI=1S/C12H22N4O2S/c1-18-8-9(13)10(7-17)19-12-15-14-11-5-3-2-4-6-16(11)12/h9-10,17H,2-8,13H2,1H3. The number of hydrogen-bond acceptors (Lipinski definition) is 6. The fourth-order valence-corrected chi connectivity index (χ4v) is 3.25. The summed E-state index contributed by atoms with van der Waals surface area (Å²) in [7, 11) is 1.61. The van der Waals surface area contributed by atoms with Crippen molar-refractivity contribution in [3.63, 3.8) is 0 Å². The molecule has 0 spiro atoms. The minimum Gasteiger partial charge on any atom is -0.395 e. The number of aliphatic hydroxyl groups excluding tert-OH is 1. The highest BCUT2D eigenvalue weighted by Crippen LogP contribution is 2.26.